The SMILES string of the molecule is COC(=O)CC(C)c1ccc2oc(-c3cccc(Br)c3)nc2c1. The Morgan fingerprint density at radius 3 is 2.87 bits per heavy atom. The van der Waals surface area contributed by atoms with Crippen molar-refractivity contribution in [2.45, 2.75) is 19.3 Å². The molecule has 2 aromatic carbocycles. The molecular formula is C18H16BrNO3. The summed E-state index contributed by atoms with van der Waals surface area (Å²) in [5.41, 5.74) is 3.47. The third kappa shape index (κ3) is 3.45. The molecule has 1 heterocycles. The standard InChI is InChI=1S/C18H16BrNO3/c1-11(8-17(21)22-2)12-6-7-16-15(10-12)20-18(23-16)13-4-3-5-14(19)9-13/h3-7,9-11H,8H2,1-2H3. The molecule has 0 saturated carbocycles. The molecule has 4 nitrogen and oxygen atoms in total. The Kier molecular flexibility index (Phi) is 4.48. The van der Waals surface area contributed by atoms with E-state index in [-0.39, 0.29) is 11.9 Å². The summed E-state index contributed by atoms with van der Waals surface area (Å²) in [6.07, 6.45) is 0.346. The van der Waals surface area contributed by atoms with Crippen LogP contribution < -0.4 is 0 Å². The molecule has 0 amide bonds. The van der Waals surface area contributed by atoms with Gasteiger partial charge in [0.2, 0.25) is 5.89 Å². The van der Waals surface area contributed by atoms with Crippen molar-refractivity contribution in [3.8, 4) is 11.5 Å². The average molecular weight is 374 g/mol. The molecule has 1 unspecified atom stereocenters. The van der Waals surface area contributed by atoms with E-state index in [1.807, 2.05) is 49.4 Å². The van der Waals surface area contributed by atoms with Crippen molar-refractivity contribution in [3.63, 3.8) is 0 Å². The first-order chi connectivity index (χ1) is 11.1. The zero-order chi connectivity index (χ0) is 16.4. The van der Waals surface area contributed by atoms with Crippen LogP contribution in [0.1, 0.15) is 24.8 Å². The highest BCUT2D eigenvalue weighted by atomic mass is 79.9. The maximum Gasteiger partial charge on any atom is 0.306 e. The molecule has 118 valence electrons. The van der Waals surface area contributed by atoms with Crippen molar-refractivity contribution in [2.75, 3.05) is 7.11 Å². The molecule has 0 aliphatic heterocycles. The number of fused-ring (bicyclic) bond motifs is 1. The van der Waals surface area contributed by atoms with Gasteiger partial charge in [0.15, 0.2) is 5.58 Å². The van der Waals surface area contributed by atoms with Crippen molar-refractivity contribution < 1.29 is 13.9 Å². The molecule has 0 fully saturated rings. The zero-order valence-corrected chi connectivity index (χ0v) is 14.5. The summed E-state index contributed by atoms with van der Waals surface area (Å²) >= 11 is 3.45. The minimum absolute atomic E-state index is 0.0675. The Labute approximate surface area is 142 Å². The molecule has 0 aliphatic carbocycles. The highest BCUT2D eigenvalue weighted by Crippen LogP contribution is 2.29. The number of carbonyl (C=O) groups is 1. The number of hydrogen-bond donors (Lipinski definition) is 0. The van der Waals surface area contributed by atoms with E-state index in [1.54, 1.807) is 0 Å². The smallest absolute Gasteiger partial charge is 0.306 e. The maximum absolute atomic E-state index is 11.4. The van der Waals surface area contributed by atoms with E-state index in [0.29, 0.717) is 12.3 Å². The number of rotatable bonds is 4. The predicted molar refractivity (Wildman–Crippen MR) is 92.2 cm³/mol. The fourth-order valence-corrected chi connectivity index (χ4v) is 2.85. The van der Waals surface area contributed by atoms with Crippen molar-refractivity contribution >= 4 is 33.0 Å². The molecule has 3 aromatic rings. The lowest BCUT2D eigenvalue weighted by molar-refractivity contribution is -0.140. The summed E-state index contributed by atoms with van der Waals surface area (Å²) in [5, 5.41) is 0. The number of ether oxygens (including phenoxy) is 1. The lowest BCUT2D eigenvalue weighted by Crippen LogP contribution is -2.05. The van der Waals surface area contributed by atoms with Gasteiger partial charge in [0.25, 0.3) is 0 Å². The van der Waals surface area contributed by atoms with E-state index in [4.69, 9.17) is 9.15 Å². The number of benzene rings is 2. The van der Waals surface area contributed by atoms with Crippen LogP contribution in [0.15, 0.2) is 51.4 Å². The van der Waals surface area contributed by atoms with Crippen LogP contribution in [-0.2, 0) is 9.53 Å². The zero-order valence-electron chi connectivity index (χ0n) is 12.9. The molecule has 0 aliphatic rings. The molecule has 0 radical (unpaired) electrons. The minimum atomic E-state index is -0.215. The van der Waals surface area contributed by atoms with Crippen molar-refractivity contribution in [1.82, 2.24) is 4.98 Å². The molecule has 1 atom stereocenters. The van der Waals surface area contributed by atoms with E-state index in [2.05, 4.69) is 20.9 Å². The third-order valence-corrected chi connectivity index (χ3v) is 4.25. The molecular weight excluding hydrogens is 358 g/mol. The average Bonchev–Trinajstić information content (AvgIpc) is 2.97. The lowest BCUT2D eigenvalue weighted by Gasteiger charge is -2.09. The van der Waals surface area contributed by atoms with E-state index >= 15 is 0 Å². The third-order valence-electron chi connectivity index (χ3n) is 3.75. The van der Waals surface area contributed by atoms with Crippen LogP contribution in [0, 0.1) is 0 Å². The van der Waals surface area contributed by atoms with Crippen LogP contribution >= 0.6 is 15.9 Å². The van der Waals surface area contributed by atoms with Gasteiger partial charge in [-0.25, -0.2) is 4.98 Å². The first-order valence-corrected chi connectivity index (χ1v) is 8.09. The van der Waals surface area contributed by atoms with Crippen LogP contribution in [0.4, 0.5) is 0 Å². The fourth-order valence-electron chi connectivity index (χ4n) is 2.45. The Balaban J connectivity index is 1.93. The summed E-state index contributed by atoms with van der Waals surface area (Å²) in [7, 11) is 1.40. The number of carbonyl (C=O) groups excluding carboxylic acids is 1. The molecule has 23 heavy (non-hydrogen) atoms. The van der Waals surface area contributed by atoms with Gasteiger partial charge in [0.05, 0.1) is 13.5 Å². The topological polar surface area (TPSA) is 52.3 Å². The number of methoxy groups -OCH3 is 1. The Bertz CT molecular complexity index is 856. The van der Waals surface area contributed by atoms with Crippen molar-refractivity contribution in [1.29, 1.82) is 0 Å². The normalized spacial score (nSPS) is 12.3. The molecule has 3 rings (SSSR count). The summed E-state index contributed by atoms with van der Waals surface area (Å²) in [6.45, 7) is 1.99. The minimum Gasteiger partial charge on any atom is -0.469 e. The second-order valence-corrected chi connectivity index (χ2v) is 6.35. The van der Waals surface area contributed by atoms with Crippen LogP contribution in [0.25, 0.3) is 22.6 Å². The number of nitrogens with zero attached hydrogens (tertiary/aromatic N) is 1. The summed E-state index contributed by atoms with van der Waals surface area (Å²) in [4.78, 5) is 16.0. The largest absolute Gasteiger partial charge is 0.469 e. The van der Waals surface area contributed by atoms with Crippen LogP contribution in [0.3, 0.4) is 0 Å². The van der Waals surface area contributed by atoms with Crippen LogP contribution in [-0.4, -0.2) is 18.1 Å². The van der Waals surface area contributed by atoms with Gasteiger partial charge >= 0.3 is 5.97 Å². The van der Waals surface area contributed by atoms with Crippen LogP contribution in [0.5, 0.6) is 0 Å². The van der Waals surface area contributed by atoms with Gasteiger partial charge in [0.1, 0.15) is 5.52 Å². The quantitative estimate of drug-likeness (QED) is 0.608. The van der Waals surface area contributed by atoms with E-state index < -0.39 is 0 Å². The highest BCUT2D eigenvalue weighted by Gasteiger charge is 2.14. The van der Waals surface area contributed by atoms with E-state index in [0.717, 1.165) is 26.7 Å². The number of aromatic nitrogens is 1. The first-order valence-electron chi connectivity index (χ1n) is 7.30. The molecule has 0 bridgehead atoms. The molecule has 0 saturated heterocycles. The molecule has 0 N–H and O–H groups in total. The highest BCUT2D eigenvalue weighted by molar-refractivity contribution is 9.10. The van der Waals surface area contributed by atoms with E-state index in [1.165, 1.54) is 7.11 Å². The predicted octanol–water partition coefficient (Wildman–Crippen LogP) is 4.92. The Morgan fingerprint density at radius 2 is 2.13 bits per heavy atom. The van der Waals surface area contributed by atoms with Gasteiger partial charge in [-0.2, -0.15) is 0 Å². The lowest BCUT2D eigenvalue weighted by atomic mass is 9.97. The fraction of sp³-hybridized carbons (Fsp3) is 0.222. The summed E-state index contributed by atoms with van der Waals surface area (Å²) in [5.74, 6) is 0.435. The number of hydrogen-bond acceptors (Lipinski definition) is 4. The van der Waals surface area contributed by atoms with Gasteiger partial charge in [-0.3, -0.25) is 4.79 Å². The molecule has 5 heteroatoms. The second kappa shape index (κ2) is 6.54. The van der Waals surface area contributed by atoms with Crippen LogP contribution in [0.2, 0.25) is 0 Å². The van der Waals surface area contributed by atoms with Gasteiger partial charge in [0, 0.05) is 10.0 Å². The maximum atomic E-state index is 11.4. The van der Waals surface area contributed by atoms with Gasteiger partial charge in [-0.1, -0.05) is 35.0 Å². The number of halogens is 1. The summed E-state index contributed by atoms with van der Waals surface area (Å²) in [6, 6.07) is 13.6. The number of esters is 1. The second-order valence-electron chi connectivity index (χ2n) is 5.44. The van der Waals surface area contributed by atoms with Gasteiger partial charge in [-0.05, 0) is 41.8 Å². The monoisotopic (exact) mass is 373 g/mol. The van der Waals surface area contributed by atoms with Crippen molar-refractivity contribution in [3.05, 3.63) is 52.5 Å². The first kappa shape index (κ1) is 15.7. The van der Waals surface area contributed by atoms with Crippen molar-refractivity contribution in [2.24, 2.45) is 0 Å². The van der Waals surface area contributed by atoms with Gasteiger partial charge < -0.3 is 9.15 Å². The Hall–Kier alpha value is -2.14. The van der Waals surface area contributed by atoms with Gasteiger partial charge in [-0.15, -0.1) is 0 Å². The summed E-state index contributed by atoms with van der Waals surface area (Å²) < 4.78 is 11.5. The Morgan fingerprint density at radius 1 is 1.30 bits per heavy atom. The number of oxazole rings is 1. The molecule has 0 spiro atoms. The van der Waals surface area contributed by atoms with E-state index in [9.17, 15) is 4.79 Å². The molecule has 1 aromatic heterocycles.